The molecule has 0 aliphatic rings. The topological polar surface area (TPSA) is 58.2 Å². The molecule has 3 aromatic rings. The third-order valence-corrected chi connectivity index (χ3v) is 4.30. The molecule has 0 saturated carbocycles. The second kappa shape index (κ2) is 9.33. The van der Waals surface area contributed by atoms with Crippen LogP contribution in [-0.2, 0) is 4.79 Å². The van der Waals surface area contributed by atoms with Crippen molar-refractivity contribution in [3.05, 3.63) is 108 Å². The summed E-state index contributed by atoms with van der Waals surface area (Å²) in [5, 5.41) is 5.76. The van der Waals surface area contributed by atoms with Crippen LogP contribution in [0, 0.1) is 0 Å². The molecule has 0 radical (unpaired) electrons. The van der Waals surface area contributed by atoms with Crippen molar-refractivity contribution in [1.29, 1.82) is 0 Å². The number of carbonyl (C=O) groups is 2. The highest BCUT2D eigenvalue weighted by molar-refractivity contribution is 6.07. The molecule has 140 valence electrons. The van der Waals surface area contributed by atoms with Gasteiger partial charge in [-0.2, -0.15) is 0 Å². The lowest BCUT2D eigenvalue weighted by atomic mass is 10.1. The number of anilines is 1. The van der Waals surface area contributed by atoms with E-state index in [2.05, 4.69) is 10.6 Å². The van der Waals surface area contributed by atoms with Gasteiger partial charge in [-0.05, 0) is 36.3 Å². The Morgan fingerprint density at radius 2 is 1.43 bits per heavy atom. The zero-order valence-corrected chi connectivity index (χ0v) is 15.6. The number of benzene rings is 3. The van der Waals surface area contributed by atoms with E-state index in [1.807, 2.05) is 67.6 Å². The van der Waals surface area contributed by atoms with Crippen LogP contribution in [0.15, 0.2) is 91.0 Å². The Balaban J connectivity index is 1.69. The van der Waals surface area contributed by atoms with Gasteiger partial charge in [0.15, 0.2) is 0 Å². The molecular weight excluding hydrogens is 348 g/mol. The first kappa shape index (κ1) is 19.1. The molecular formula is C24H22N2O2. The van der Waals surface area contributed by atoms with Crippen molar-refractivity contribution < 1.29 is 9.59 Å². The Kier molecular flexibility index (Phi) is 6.37. The highest BCUT2D eigenvalue weighted by Gasteiger charge is 2.15. The van der Waals surface area contributed by atoms with Crippen molar-refractivity contribution in [2.24, 2.45) is 0 Å². The van der Waals surface area contributed by atoms with Gasteiger partial charge in [-0.1, -0.05) is 72.8 Å². The standard InChI is InChI=1S/C24H22N2O2/c1-18(20-12-6-3-7-13-20)25-24(28)21-14-8-9-15-22(21)26-23(27)17-16-19-10-4-2-5-11-19/h2-18H,1H3,(H,25,28)(H,26,27)/b17-16+. The average molecular weight is 370 g/mol. The van der Waals surface area contributed by atoms with Crippen LogP contribution in [0.25, 0.3) is 6.08 Å². The van der Waals surface area contributed by atoms with Crippen molar-refractivity contribution in [3.63, 3.8) is 0 Å². The predicted molar refractivity (Wildman–Crippen MR) is 113 cm³/mol. The summed E-state index contributed by atoms with van der Waals surface area (Å²) in [6.45, 7) is 1.93. The Hall–Kier alpha value is -3.66. The lowest BCUT2D eigenvalue weighted by Crippen LogP contribution is -2.27. The van der Waals surface area contributed by atoms with Gasteiger partial charge in [0, 0.05) is 6.08 Å². The van der Waals surface area contributed by atoms with Crippen molar-refractivity contribution in [3.8, 4) is 0 Å². The van der Waals surface area contributed by atoms with Gasteiger partial charge >= 0.3 is 0 Å². The number of carbonyl (C=O) groups excluding carboxylic acids is 2. The molecule has 0 aliphatic heterocycles. The number of nitrogens with one attached hydrogen (secondary N) is 2. The summed E-state index contributed by atoms with van der Waals surface area (Å²) in [6, 6.07) is 26.1. The molecule has 3 aromatic carbocycles. The SMILES string of the molecule is CC(NC(=O)c1ccccc1NC(=O)/C=C/c1ccccc1)c1ccccc1. The molecule has 4 nitrogen and oxygen atoms in total. The van der Waals surface area contributed by atoms with Crippen LogP contribution in [0.1, 0.15) is 34.5 Å². The van der Waals surface area contributed by atoms with Crippen molar-refractivity contribution in [1.82, 2.24) is 5.32 Å². The number of hydrogen-bond acceptors (Lipinski definition) is 2. The lowest BCUT2D eigenvalue weighted by molar-refractivity contribution is -0.111. The summed E-state index contributed by atoms with van der Waals surface area (Å²) in [6.07, 6.45) is 3.19. The predicted octanol–water partition coefficient (Wildman–Crippen LogP) is 4.83. The van der Waals surface area contributed by atoms with Crippen LogP contribution >= 0.6 is 0 Å². The Labute approximate surface area is 164 Å². The molecule has 1 unspecified atom stereocenters. The van der Waals surface area contributed by atoms with Gasteiger partial charge in [0.25, 0.3) is 5.91 Å². The zero-order valence-electron chi connectivity index (χ0n) is 15.6. The quantitative estimate of drug-likeness (QED) is 0.611. The van der Waals surface area contributed by atoms with E-state index >= 15 is 0 Å². The van der Waals surface area contributed by atoms with Crippen LogP contribution in [0.4, 0.5) is 5.69 Å². The third kappa shape index (κ3) is 5.17. The van der Waals surface area contributed by atoms with E-state index in [0.29, 0.717) is 11.3 Å². The van der Waals surface area contributed by atoms with Crippen molar-refractivity contribution in [2.45, 2.75) is 13.0 Å². The van der Waals surface area contributed by atoms with E-state index in [1.165, 1.54) is 6.08 Å². The highest BCUT2D eigenvalue weighted by Crippen LogP contribution is 2.18. The summed E-state index contributed by atoms with van der Waals surface area (Å²) in [5.74, 6) is -0.528. The third-order valence-electron chi connectivity index (χ3n) is 4.30. The first-order chi connectivity index (χ1) is 13.6. The van der Waals surface area contributed by atoms with Gasteiger partial charge in [-0.15, -0.1) is 0 Å². The maximum atomic E-state index is 12.7. The van der Waals surface area contributed by atoms with Crippen molar-refractivity contribution >= 4 is 23.6 Å². The van der Waals surface area contributed by atoms with Crippen molar-refractivity contribution in [2.75, 3.05) is 5.32 Å². The maximum absolute atomic E-state index is 12.7. The van der Waals surface area contributed by atoms with E-state index in [0.717, 1.165) is 11.1 Å². The average Bonchev–Trinajstić information content (AvgIpc) is 2.74. The summed E-state index contributed by atoms with van der Waals surface area (Å²) < 4.78 is 0. The fourth-order valence-electron chi connectivity index (χ4n) is 2.80. The first-order valence-electron chi connectivity index (χ1n) is 9.12. The summed E-state index contributed by atoms with van der Waals surface area (Å²) in [4.78, 5) is 25.0. The molecule has 0 fully saturated rings. The molecule has 0 heterocycles. The lowest BCUT2D eigenvalue weighted by Gasteiger charge is -2.16. The van der Waals surface area contributed by atoms with Crippen LogP contribution in [0.2, 0.25) is 0 Å². The van der Waals surface area contributed by atoms with Gasteiger partial charge in [0.05, 0.1) is 17.3 Å². The molecule has 2 N–H and O–H groups in total. The normalized spacial score (nSPS) is 11.8. The molecule has 1 atom stereocenters. The largest absolute Gasteiger partial charge is 0.345 e. The second-order valence-corrected chi connectivity index (χ2v) is 6.38. The van der Waals surface area contributed by atoms with Crippen LogP contribution < -0.4 is 10.6 Å². The van der Waals surface area contributed by atoms with E-state index in [9.17, 15) is 9.59 Å². The number of rotatable bonds is 6. The first-order valence-corrected chi connectivity index (χ1v) is 9.12. The zero-order chi connectivity index (χ0) is 19.8. The minimum absolute atomic E-state index is 0.143. The van der Waals surface area contributed by atoms with Gasteiger partial charge in [-0.25, -0.2) is 0 Å². The maximum Gasteiger partial charge on any atom is 0.253 e. The van der Waals surface area contributed by atoms with Crippen LogP contribution in [-0.4, -0.2) is 11.8 Å². The number of amides is 2. The van der Waals surface area contributed by atoms with Gasteiger partial charge in [0.2, 0.25) is 5.91 Å². The van der Waals surface area contributed by atoms with Gasteiger partial charge in [-0.3, -0.25) is 9.59 Å². The van der Waals surface area contributed by atoms with Gasteiger partial charge in [0.1, 0.15) is 0 Å². The number of para-hydroxylation sites is 1. The highest BCUT2D eigenvalue weighted by atomic mass is 16.2. The monoisotopic (exact) mass is 370 g/mol. The summed E-state index contributed by atoms with van der Waals surface area (Å²) in [7, 11) is 0. The molecule has 28 heavy (non-hydrogen) atoms. The van der Waals surface area contributed by atoms with Gasteiger partial charge < -0.3 is 10.6 Å². The van der Waals surface area contributed by atoms with E-state index in [4.69, 9.17) is 0 Å². The Morgan fingerprint density at radius 1 is 0.821 bits per heavy atom. The summed E-state index contributed by atoms with van der Waals surface area (Å²) >= 11 is 0. The van der Waals surface area contributed by atoms with E-state index in [-0.39, 0.29) is 17.9 Å². The molecule has 0 aromatic heterocycles. The van der Waals surface area contributed by atoms with Crippen LogP contribution in [0.5, 0.6) is 0 Å². The molecule has 0 aliphatic carbocycles. The summed E-state index contributed by atoms with van der Waals surface area (Å²) in [5.41, 5.74) is 2.85. The molecule has 2 amide bonds. The second-order valence-electron chi connectivity index (χ2n) is 6.38. The molecule has 4 heteroatoms. The van der Waals surface area contributed by atoms with Crippen LogP contribution in [0.3, 0.4) is 0 Å². The molecule has 0 saturated heterocycles. The molecule has 0 spiro atoms. The Morgan fingerprint density at radius 3 is 2.14 bits per heavy atom. The minimum atomic E-state index is -0.291. The minimum Gasteiger partial charge on any atom is -0.345 e. The smallest absolute Gasteiger partial charge is 0.253 e. The molecule has 0 bridgehead atoms. The number of hydrogen-bond donors (Lipinski definition) is 2. The Bertz CT molecular complexity index is 966. The molecule has 3 rings (SSSR count). The fourth-order valence-corrected chi connectivity index (χ4v) is 2.80. The fraction of sp³-hybridized carbons (Fsp3) is 0.0833. The van der Waals surface area contributed by atoms with E-state index < -0.39 is 0 Å². The van der Waals surface area contributed by atoms with E-state index in [1.54, 1.807) is 30.3 Å².